The molecule has 1 aliphatic rings. The number of hydrogen-bond donors (Lipinski definition) is 2. The van der Waals surface area contributed by atoms with E-state index in [2.05, 4.69) is 15.6 Å². The first-order valence-electron chi connectivity index (χ1n) is 8.40. The number of alkyl halides is 3. The number of nitrogens with zero attached hydrogens (tertiary/aromatic N) is 2. The number of carbonyl (C=O) groups excluding carboxylic acids is 2. The largest absolute Gasteiger partial charge is 0.416 e. The monoisotopic (exact) mass is 394 g/mol. The minimum Gasteiger partial charge on any atom is -0.378 e. The SMILES string of the molecule is O=C(Nc1ccc(C(F)(F)F)cc1)Nc1cncc(C(=O)N2CCOCC2)c1. The van der Waals surface area contributed by atoms with Crippen molar-refractivity contribution in [2.45, 2.75) is 6.18 Å². The van der Waals surface area contributed by atoms with Crippen LogP contribution in [-0.4, -0.2) is 48.1 Å². The molecule has 1 aromatic heterocycles. The van der Waals surface area contributed by atoms with Gasteiger partial charge in [0.05, 0.1) is 36.2 Å². The Hall–Kier alpha value is -3.14. The Kier molecular flexibility index (Phi) is 5.78. The number of benzene rings is 1. The zero-order valence-corrected chi connectivity index (χ0v) is 14.6. The minimum absolute atomic E-state index is 0.194. The maximum atomic E-state index is 12.6. The summed E-state index contributed by atoms with van der Waals surface area (Å²) in [6, 6.07) is 4.87. The van der Waals surface area contributed by atoms with Crippen LogP contribution < -0.4 is 10.6 Å². The van der Waals surface area contributed by atoms with Gasteiger partial charge < -0.3 is 20.3 Å². The molecule has 0 saturated carbocycles. The van der Waals surface area contributed by atoms with Crippen molar-refractivity contribution in [2.75, 3.05) is 36.9 Å². The lowest BCUT2D eigenvalue weighted by Crippen LogP contribution is -2.40. The predicted octanol–water partition coefficient (Wildman–Crippen LogP) is 3.22. The lowest BCUT2D eigenvalue weighted by molar-refractivity contribution is -0.137. The van der Waals surface area contributed by atoms with Gasteiger partial charge in [0.15, 0.2) is 0 Å². The third-order valence-corrected chi connectivity index (χ3v) is 4.01. The van der Waals surface area contributed by atoms with Crippen molar-refractivity contribution >= 4 is 23.3 Å². The number of halogens is 3. The average molecular weight is 394 g/mol. The van der Waals surface area contributed by atoms with Gasteiger partial charge in [0.25, 0.3) is 5.91 Å². The van der Waals surface area contributed by atoms with Crippen molar-refractivity contribution in [3.05, 3.63) is 53.9 Å². The smallest absolute Gasteiger partial charge is 0.378 e. The molecule has 0 aliphatic carbocycles. The molecule has 7 nitrogen and oxygen atoms in total. The molecular formula is C18H17F3N4O3. The molecule has 0 atom stereocenters. The topological polar surface area (TPSA) is 83.6 Å². The van der Waals surface area contributed by atoms with E-state index in [1.54, 1.807) is 4.90 Å². The molecule has 0 unspecified atom stereocenters. The third kappa shape index (κ3) is 4.97. The maximum Gasteiger partial charge on any atom is 0.416 e. The second kappa shape index (κ2) is 8.26. The van der Waals surface area contributed by atoms with Crippen molar-refractivity contribution in [1.82, 2.24) is 9.88 Å². The molecule has 1 saturated heterocycles. The quantitative estimate of drug-likeness (QED) is 0.837. The number of pyridine rings is 1. The Morgan fingerprint density at radius 2 is 1.64 bits per heavy atom. The standard InChI is InChI=1S/C18H17F3N4O3/c19-18(20,21)13-1-3-14(4-2-13)23-17(27)24-15-9-12(10-22-11-15)16(26)25-5-7-28-8-6-25/h1-4,9-11H,5-8H2,(H2,23,24,27). The maximum absolute atomic E-state index is 12.6. The summed E-state index contributed by atoms with van der Waals surface area (Å²) in [6.07, 6.45) is -1.68. The number of morpholine rings is 1. The van der Waals surface area contributed by atoms with Gasteiger partial charge in [-0.3, -0.25) is 9.78 Å². The van der Waals surface area contributed by atoms with E-state index in [9.17, 15) is 22.8 Å². The molecule has 0 spiro atoms. The van der Waals surface area contributed by atoms with Crippen molar-refractivity contribution in [1.29, 1.82) is 0 Å². The average Bonchev–Trinajstić information content (AvgIpc) is 2.68. The van der Waals surface area contributed by atoms with E-state index in [-0.39, 0.29) is 17.3 Å². The number of carbonyl (C=O) groups is 2. The highest BCUT2D eigenvalue weighted by molar-refractivity contribution is 6.01. The Morgan fingerprint density at radius 1 is 1.00 bits per heavy atom. The van der Waals surface area contributed by atoms with Gasteiger partial charge in [-0.05, 0) is 30.3 Å². The number of aromatic nitrogens is 1. The molecule has 0 radical (unpaired) electrons. The Balaban J connectivity index is 1.62. The van der Waals surface area contributed by atoms with Gasteiger partial charge in [-0.2, -0.15) is 13.2 Å². The Labute approximate surface area is 158 Å². The molecule has 10 heteroatoms. The van der Waals surface area contributed by atoms with E-state index in [0.717, 1.165) is 24.3 Å². The van der Waals surface area contributed by atoms with E-state index >= 15 is 0 Å². The fraction of sp³-hybridized carbons (Fsp3) is 0.278. The number of urea groups is 1. The summed E-state index contributed by atoms with van der Waals surface area (Å²) in [5, 5.41) is 4.93. The minimum atomic E-state index is -4.44. The number of anilines is 2. The van der Waals surface area contributed by atoms with Crippen molar-refractivity contribution in [3.8, 4) is 0 Å². The van der Waals surface area contributed by atoms with Crippen LogP contribution in [0.25, 0.3) is 0 Å². The van der Waals surface area contributed by atoms with Crippen LogP contribution in [-0.2, 0) is 10.9 Å². The summed E-state index contributed by atoms with van der Waals surface area (Å²) in [5.41, 5.74) is -0.0197. The number of amides is 3. The van der Waals surface area contributed by atoms with Gasteiger partial charge in [0.2, 0.25) is 0 Å². The highest BCUT2D eigenvalue weighted by Crippen LogP contribution is 2.29. The van der Waals surface area contributed by atoms with E-state index in [1.165, 1.54) is 18.5 Å². The first kappa shape index (κ1) is 19.6. The van der Waals surface area contributed by atoms with Gasteiger partial charge in [0.1, 0.15) is 0 Å². The fourth-order valence-corrected chi connectivity index (χ4v) is 2.61. The van der Waals surface area contributed by atoms with Crippen LogP contribution in [0.15, 0.2) is 42.7 Å². The summed E-state index contributed by atoms with van der Waals surface area (Å²) >= 11 is 0. The molecule has 3 rings (SSSR count). The Bertz CT molecular complexity index is 850. The summed E-state index contributed by atoms with van der Waals surface area (Å²) < 4.78 is 42.9. The number of hydrogen-bond acceptors (Lipinski definition) is 4. The number of nitrogens with one attached hydrogen (secondary N) is 2. The molecule has 1 aromatic carbocycles. The van der Waals surface area contributed by atoms with E-state index < -0.39 is 17.8 Å². The molecule has 148 valence electrons. The molecule has 1 aliphatic heterocycles. The molecule has 2 heterocycles. The van der Waals surface area contributed by atoms with E-state index in [1.807, 2.05) is 0 Å². The first-order valence-corrected chi connectivity index (χ1v) is 8.40. The summed E-state index contributed by atoms with van der Waals surface area (Å²) in [6.45, 7) is 1.88. The molecule has 2 aromatic rings. The van der Waals surface area contributed by atoms with Crippen LogP contribution in [0.4, 0.5) is 29.3 Å². The lowest BCUT2D eigenvalue weighted by atomic mass is 10.2. The van der Waals surface area contributed by atoms with Gasteiger partial charge in [-0.25, -0.2) is 4.79 Å². The lowest BCUT2D eigenvalue weighted by Gasteiger charge is -2.26. The third-order valence-electron chi connectivity index (χ3n) is 4.01. The van der Waals surface area contributed by atoms with Crippen LogP contribution >= 0.6 is 0 Å². The first-order chi connectivity index (χ1) is 13.3. The van der Waals surface area contributed by atoms with Crippen LogP contribution in [0.2, 0.25) is 0 Å². The van der Waals surface area contributed by atoms with Gasteiger partial charge in [-0.1, -0.05) is 0 Å². The molecule has 1 fully saturated rings. The second-order valence-corrected chi connectivity index (χ2v) is 6.02. The van der Waals surface area contributed by atoms with Gasteiger partial charge >= 0.3 is 12.2 Å². The zero-order valence-electron chi connectivity index (χ0n) is 14.6. The van der Waals surface area contributed by atoms with Crippen molar-refractivity contribution < 1.29 is 27.5 Å². The molecular weight excluding hydrogens is 377 g/mol. The van der Waals surface area contributed by atoms with Crippen molar-refractivity contribution in [3.63, 3.8) is 0 Å². The van der Waals surface area contributed by atoms with Crippen LogP contribution in [0.1, 0.15) is 15.9 Å². The van der Waals surface area contributed by atoms with Gasteiger partial charge in [0, 0.05) is 25.0 Å². The van der Waals surface area contributed by atoms with E-state index in [0.29, 0.717) is 31.9 Å². The van der Waals surface area contributed by atoms with Crippen molar-refractivity contribution in [2.24, 2.45) is 0 Å². The Morgan fingerprint density at radius 3 is 2.29 bits per heavy atom. The predicted molar refractivity (Wildman–Crippen MR) is 95.0 cm³/mol. The highest BCUT2D eigenvalue weighted by atomic mass is 19.4. The highest BCUT2D eigenvalue weighted by Gasteiger charge is 2.30. The normalized spacial score (nSPS) is 14.5. The molecule has 28 heavy (non-hydrogen) atoms. The molecule has 0 bridgehead atoms. The summed E-state index contributed by atoms with van der Waals surface area (Å²) in [4.78, 5) is 30.1. The van der Waals surface area contributed by atoms with Gasteiger partial charge in [-0.15, -0.1) is 0 Å². The molecule has 3 amide bonds. The van der Waals surface area contributed by atoms with E-state index in [4.69, 9.17) is 4.74 Å². The van der Waals surface area contributed by atoms with Crippen LogP contribution in [0.3, 0.4) is 0 Å². The number of rotatable bonds is 3. The zero-order chi connectivity index (χ0) is 20.1. The molecule has 2 N–H and O–H groups in total. The summed E-state index contributed by atoms with van der Waals surface area (Å²) in [7, 11) is 0. The fourth-order valence-electron chi connectivity index (χ4n) is 2.61. The summed E-state index contributed by atoms with van der Waals surface area (Å²) in [5.74, 6) is -0.220. The number of ether oxygens (including phenoxy) is 1. The van der Waals surface area contributed by atoms with Crippen LogP contribution in [0.5, 0.6) is 0 Å². The van der Waals surface area contributed by atoms with Crippen LogP contribution in [0, 0.1) is 0 Å². The second-order valence-electron chi connectivity index (χ2n) is 6.02.